The summed E-state index contributed by atoms with van der Waals surface area (Å²) in [4.78, 5) is 19.1. The van der Waals surface area contributed by atoms with Crippen molar-refractivity contribution < 1.29 is 17.9 Å². The van der Waals surface area contributed by atoms with Crippen LogP contribution >= 0.6 is 0 Å². The number of morpholine rings is 1. The lowest BCUT2D eigenvalue weighted by atomic mass is 10.2. The highest BCUT2D eigenvalue weighted by Crippen LogP contribution is 2.31. The molecule has 3 aromatic rings. The van der Waals surface area contributed by atoms with Crippen molar-refractivity contribution in [1.29, 1.82) is 0 Å². The van der Waals surface area contributed by atoms with E-state index in [0.717, 1.165) is 6.20 Å². The summed E-state index contributed by atoms with van der Waals surface area (Å²) in [6, 6.07) is 6.51. The molecule has 4 heterocycles. The van der Waals surface area contributed by atoms with Gasteiger partial charge in [0.1, 0.15) is 11.5 Å². The normalized spacial score (nSPS) is 19.8. The first-order chi connectivity index (χ1) is 14.3. The van der Waals surface area contributed by atoms with Gasteiger partial charge in [-0.25, -0.2) is 4.98 Å². The molecule has 0 aromatic carbocycles. The average Bonchev–Trinajstić information content (AvgIpc) is 2.71. The van der Waals surface area contributed by atoms with Crippen molar-refractivity contribution in [2.75, 3.05) is 23.4 Å². The molecule has 158 valence electrons. The summed E-state index contributed by atoms with van der Waals surface area (Å²) >= 11 is 0. The second-order valence-corrected chi connectivity index (χ2v) is 7.25. The number of rotatable bonds is 4. The molecule has 1 saturated heterocycles. The van der Waals surface area contributed by atoms with Crippen LogP contribution in [0.1, 0.15) is 25.1 Å². The quantitative estimate of drug-likeness (QED) is 0.693. The second-order valence-electron chi connectivity index (χ2n) is 7.25. The molecule has 0 bridgehead atoms. The fourth-order valence-electron chi connectivity index (χ4n) is 3.61. The molecule has 0 radical (unpaired) electrons. The number of ether oxygens (including phenoxy) is 1. The Morgan fingerprint density at radius 1 is 1.07 bits per heavy atom. The predicted molar refractivity (Wildman–Crippen MR) is 106 cm³/mol. The third-order valence-electron chi connectivity index (χ3n) is 4.96. The number of nitrogens with one attached hydrogen (secondary N) is 1. The summed E-state index contributed by atoms with van der Waals surface area (Å²) in [6.07, 6.45) is -1.77. The van der Waals surface area contributed by atoms with Gasteiger partial charge in [0.2, 0.25) is 5.95 Å². The van der Waals surface area contributed by atoms with Gasteiger partial charge in [0, 0.05) is 24.5 Å². The molecule has 0 saturated carbocycles. The number of hydrogen-bond donors (Lipinski definition) is 1. The van der Waals surface area contributed by atoms with Crippen LogP contribution in [0.2, 0.25) is 0 Å². The maximum atomic E-state index is 13.3. The van der Waals surface area contributed by atoms with Crippen LogP contribution < -0.4 is 10.2 Å². The Labute approximate surface area is 171 Å². The molecule has 2 unspecified atom stereocenters. The second kappa shape index (κ2) is 8.02. The first-order valence-electron chi connectivity index (χ1n) is 9.58. The van der Waals surface area contributed by atoms with Gasteiger partial charge in [-0.3, -0.25) is 4.98 Å². The third kappa shape index (κ3) is 4.00. The van der Waals surface area contributed by atoms with E-state index in [1.54, 1.807) is 18.3 Å². The monoisotopic (exact) mass is 418 g/mol. The van der Waals surface area contributed by atoms with E-state index in [0.29, 0.717) is 36.0 Å². The van der Waals surface area contributed by atoms with E-state index < -0.39 is 11.9 Å². The molecule has 0 aliphatic carbocycles. The van der Waals surface area contributed by atoms with E-state index in [1.165, 1.54) is 12.1 Å². The summed E-state index contributed by atoms with van der Waals surface area (Å²) < 4.78 is 45.4. The van der Waals surface area contributed by atoms with E-state index in [4.69, 9.17) is 4.74 Å². The van der Waals surface area contributed by atoms with Gasteiger partial charge < -0.3 is 15.0 Å². The first-order valence-corrected chi connectivity index (χ1v) is 9.58. The van der Waals surface area contributed by atoms with Crippen molar-refractivity contribution in [2.24, 2.45) is 0 Å². The number of anilines is 2. The third-order valence-corrected chi connectivity index (χ3v) is 4.96. The zero-order chi connectivity index (χ0) is 21.3. The molecule has 1 fully saturated rings. The number of fused-ring (bicyclic) bond motifs is 1. The molecule has 1 aliphatic heterocycles. The Hall–Kier alpha value is -3.01. The van der Waals surface area contributed by atoms with Gasteiger partial charge in [0.05, 0.1) is 30.7 Å². The summed E-state index contributed by atoms with van der Waals surface area (Å²) in [5, 5.41) is 3.67. The lowest BCUT2D eigenvalue weighted by Crippen LogP contribution is -2.50. The van der Waals surface area contributed by atoms with Gasteiger partial charge in [-0.15, -0.1) is 0 Å². The summed E-state index contributed by atoms with van der Waals surface area (Å²) in [5.41, 5.74) is -0.405. The number of hydrogen-bond acceptors (Lipinski definition) is 7. The SMILES string of the molecule is CC1COCC(C)N1c1nc(NCc2cccnc2C(F)(F)F)c2cccnc2n1. The molecule has 4 rings (SSSR count). The average molecular weight is 418 g/mol. The number of nitrogens with zero attached hydrogens (tertiary/aromatic N) is 5. The number of aromatic nitrogens is 4. The molecule has 10 heteroatoms. The van der Waals surface area contributed by atoms with E-state index in [-0.39, 0.29) is 24.2 Å². The van der Waals surface area contributed by atoms with Crippen molar-refractivity contribution in [3.8, 4) is 0 Å². The Morgan fingerprint density at radius 2 is 1.77 bits per heavy atom. The lowest BCUT2D eigenvalue weighted by molar-refractivity contribution is -0.141. The lowest BCUT2D eigenvalue weighted by Gasteiger charge is -2.38. The van der Waals surface area contributed by atoms with E-state index in [2.05, 4.69) is 25.3 Å². The molecule has 1 N–H and O–H groups in total. The fourth-order valence-corrected chi connectivity index (χ4v) is 3.61. The minimum atomic E-state index is -4.53. The zero-order valence-electron chi connectivity index (χ0n) is 16.5. The molecule has 0 amide bonds. The molecule has 3 aromatic heterocycles. The summed E-state index contributed by atoms with van der Waals surface area (Å²) in [5.74, 6) is 0.889. The van der Waals surface area contributed by atoms with E-state index >= 15 is 0 Å². The van der Waals surface area contributed by atoms with Gasteiger partial charge in [0.15, 0.2) is 5.65 Å². The first kappa shape index (κ1) is 20.3. The number of halogens is 3. The fraction of sp³-hybridized carbons (Fsp3) is 0.400. The summed E-state index contributed by atoms with van der Waals surface area (Å²) in [6.45, 7) is 5.03. The topological polar surface area (TPSA) is 76.1 Å². The van der Waals surface area contributed by atoms with Gasteiger partial charge in [0.25, 0.3) is 0 Å². The Kier molecular flexibility index (Phi) is 5.42. The summed E-state index contributed by atoms with van der Waals surface area (Å²) in [7, 11) is 0. The van der Waals surface area contributed by atoms with Gasteiger partial charge >= 0.3 is 6.18 Å². The van der Waals surface area contributed by atoms with Crippen molar-refractivity contribution in [1.82, 2.24) is 19.9 Å². The van der Waals surface area contributed by atoms with Crippen LogP contribution in [0.5, 0.6) is 0 Å². The van der Waals surface area contributed by atoms with Crippen LogP contribution in [-0.4, -0.2) is 45.2 Å². The highest BCUT2D eigenvalue weighted by atomic mass is 19.4. The van der Waals surface area contributed by atoms with Gasteiger partial charge in [-0.05, 0) is 32.0 Å². The van der Waals surface area contributed by atoms with Crippen LogP contribution in [0.15, 0.2) is 36.7 Å². The zero-order valence-corrected chi connectivity index (χ0v) is 16.5. The molecule has 2 atom stereocenters. The Balaban J connectivity index is 1.71. The number of alkyl halides is 3. The standard InChI is InChI=1S/C20H21F3N6O/c1-12-10-30-11-13(2)29(12)19-27-17-15(6-4-8-25-17)18(28-19)26-9-14-5-3-7-24-16(14)20(21,22)23/h3-8,12-13H,9-11H2,1-2H3,(H,25,26,27,28). The van der Waals surface area contributed by atoms with E-state index in [1.807, 2.05) is 18.7 Å². The molecule has 7 nitrogen and oxygen atoms in total. The van der Waals surface area contributed by atoms with E-state index in [9.17, 15) is 13.2 Å². The van der Waals surface area contributed by atoms with Crippen LogP contribution in [0.4, 0.5) is 24.9 Å². The van der Waals surface area contributed by atoms with Crippen molar-refractivity contribution in [3.05, 3.63) is 47.9 Å². The maximum Gasteiger partial charge on any atom is 0.433 e. The predicted octanol–water partition coefficient (Wildman–Crippen LogP) is 3.66. The Bertz CT molecular complexity index is 1030. The maximum absolute atomic E-state index is 13.3. The van der Waals surface area contributed by atoms with Crippen molar-refractivity contribution in [2.45, 2.75) is 38.7 Å². The molecular formula is C20H21F3N6O. The van der Waals surface area contributed by atoms with Crippen LogP contribution in [0.3, 0.4) is 0 Å². The minimum absolute atomic E-state index is 0.0373. The van der Waals surface area contributed by atoms with Crippen LogP contribution in [0, 0.1) is 0 Å². The molecule has 1 aliphatic rings. The van der Waals surface area contributed by atoms with Crippen LogP contribution in [0.25, 0.3) is 11.0 Å². The highest BCUT2D eigenvalue weighted by Gasteiger charge is 2.35. The molecule has 30 heavy (non-hydrogen) atoms. The smallest absolute Gasteiger partial charge is 0.377 e. The van der Waals surface area contributed by atoms with Crippen LogP contribution in [-0.2, 0) is 17.5 Å². The van der Waals surface area contributed by atoms with Crippen molar-refractivity contribution in [3.63, 3.8) is 0 Å². The van der Waals surface area contributed by atoms with Gasteiger partial charge in [-0.2, -0.15) is 23.1 Å². The van der Waals surface area contributed by atoms with Crippen molar-refractivity contribution >= 4 is 22.8 Å². The minimum Gasteiger partial charge on any atom is -0.377 e. The Morgan fingerprint density at radius 3 is 2.50 bits per heavy atom. The number of pyridine rings is 2. The molecular weight excluding hydrogens is 397 g/mol. The molecule has 0 spiro atoms. The van der Waals surface area contributed by atoms with Gasteiger partial charge in [-0.1, -0.05) is 6.07 Å². The highest BCUT2D eigenvalue weighted by molar-refractivity contribution is 5.87. The largest absolute Gasteiger partial charge is 0.433 e.